The summed E-state index contributed by atoms with van der Waals surface area (Å²) in [5.41, 5.74) is 0.435. The van der Waals surface area contributed by atoms with Gasteiger partial charge in [0, 0.05) is 5.56 Å². The normalized spacial score (nSPS) is 20.0. The summed E-state index contributed by atoms with van der Waals surface area (Å²) in [6.45, 7) is 9.61. The minimum absolute atomic E-state index is 0.329. The van der Waals surface area contributed by atoms with Gasteiger partial charge < -0.3 is 9.31 Å². The van der Waals surface area contributed by atoms with Gasteiger partial charge >= 0.3 is 7.12 Å². The molecule has 4 heteroatoms. The predicted molar refractivity (Wildman–Crippen MR) is 74.7 cm³/mol. The van der Waals surface area contributed by atoms with Gasteiger partial charge in [-0.2, -0.15) is 0 Å². The summed E-state index contributed by atoms with van der Waals surface area (Å²) < 4.78 is 25.4. The van der Waals surface area contributed by atoms with Gasteiger partial charge in [0.1, 0.15) is 5.82 Å². The fourth-order valence-electron chi connectivity index (χ4n) is 1.94. The van der Waals surface area contributed by atoms with Crippen molar-refractivity contribution in [1.82, 2.24) is 0 Å². The summed E-state index contributed by atoms with van der Waals surface area (Å²) in [6.07, 6.45) is 0. The molecule has 1 aromatic carbocycles. The van der Waals surface area contributed by atoms with Crippen LogP contribution in [-0.4, -0.2) is 18.3 Å². The van der Waals surface area contributed by atoms with E-state index in [-0.39, 0.29) is 5.82 Å². The maximum atomic E-state index is 13.6. The molecule has 0 atom stereocenters. The van der Waals surface area contributed by atoms with Crippen LogP contribution in [0.15, 0.2) is 18.2 Å². The Bertz CT molecular complexity index is 539. The molecule has 0 unspecified atom stereocenters. The maximum Gasteiger partial charge on any atom is 0.494 e. The van der Waals surface area contributed by atoms with Crippen molar-refractivity contribution in [2.75, 3.05) is 0 Å². The van der Waals surface area contributed by atoms with Gasteiger partial charge in [-0.3, -0.25) is 0 Å². The summed E-state index contributed by atoms with van der Waals surface area (Å²) in [4.78, 5) is 0. The molecular formula is C15H18BFO2. The van der Waals surface area contributed by atoms with Crippen molar-refractivity contribution in [2.24, 2.45) is 0 Å². The smallest absolute Gasteiger partial charge is 0.399 e. The Balaban J connectivity index is 2.36. The van der Waals surface area contributed by atoms with E-state index in [0.29, 0.717) is 11.0 Å². The highest BCUT2D eigenvalue weighted by atomic mass is 19.1. The molecular weight excluding hydrogens is 242 g/mol. The zero-order valence-corrected chi connectivity index (χ0v) is 12.0. The topological polar surface area (TPSA) is 18.5 Å². The zero-order chi connectivity index (χ0) is 14.3. The molecule has 2 nitrogen and oxygen atoms in total. The van der Waals surface area contributed by atoms with Crippen molar-refractivity contribution in [3.63, 3.8) is 0 Å². The zero-order valence-electron chi connectivity index (χ0n) is 12.0. The largest absolute Gasteiger partial charge is 0.494 e. The van der Waals surface area contributed by atoms with Gasteiger partial charge in [-0.15, -0.1) is 5.92 Å². The molecule has 0 saturated carbocycles. The predicted octanol–water partition coefficient (Wildman–Crippen LogP) is 2.50. The van der Waals surface area contributed by atoms with Crippen LogP contribution in [0.5, 0.6) is 0 Å². The molecule has 0 spiro atoms. The second-order valence-corrected chi connectivity index (χ2v) is 5.74. The van der Waals surface area contributed by atoms with Gasteiger partial charge in [-0.05, 0) is 58.3 Å². The van der Waals surface area contributed by atoms with E-state index in [2.05, 4.69) is 11.8 Å². The lowest BCUT2D eigenvalue weighted by atomic mass is 9.78. The van der Waals surface area contributed by atoms with E-state index in [1.807, 2.05) is 33.8 Å². The highest BCUT2D eigenvalue weighted by Gasteiger charge is 2.51. The highest BCUT2D eigenvalue weighted by molar-refractivity contribution is 6.62. The van der Waals surface area contributed by atoms with E-state index < -0.39 is 18.3 Å². The second kappa shape index (κ2) is 4.66. The minimum Gasteiger partial charge on any atom is -0.399 e. The summed E-state index contributed by atoms with van der Waals surface area (Å²) in [6, 6.07) is 4.65. The first-order chi connectivity index (χ1) is 8.75. The third kappa shape index (κ3) is 2.68. The van der Waals surface area contributed by atoms with E-state index in [4.69, 9.17) is 9.31 Å². The standard InChI is InChI=1S/C15H18BFO2/c1-6-7-11-8-12(10-13(17)9-11)16-18-14(2,3)15(4,5)19-16/h8-10H,1-5H3. The molecule has 1 aliphatic heterocycles. The van der Waals surface area contributed by atoms with E-state index >= 15 is 0 Å². The molecule has 1 saturated heterocycles. The van der Waals surface area contributed by atoms with Gasteiger partial charge in [0.15, 0.2) is 0 Å². The van der Waals surface area contributed by atoms with Crippen LogP contribution in [0.25, 0.3) is 0 Å². The summed E-state index contributed by atoms with van der Waals surface area (Å²) in [5, 5.41) is 0. The van der Waals surface area contributed by atoms with Crippen LogP contribution in [0.4, 0.5) is 4.39 Å². The average Bonchev–Trinajstić information content (AvgIpc) is 2.48. The molecule has 0 aromatic heterocycles. The molecule has 0 radical (unpaired) electrons. The SMILES string of the molecule is CC#Cc1cc(F)cc(B2OC(C)(C)C(C)(C)O2)c1. The van der Waals surface area contributed by atoms with Crippen molar-refractivity contribution in [3.8, 4) is 11.8 Å². The van der Waals surface area contributed by atoms with Crippen molar-refractivity contribution in [2.45, 2.75) is 45.8 Å². The molecule has 0 aliphatic carbocycles. The van der Waals surface area contributed by atoms with Crippen molar-refractivity contribution in [1.29, 1.82) is 0 Å². The lowest BCUT2D eigenvalue weighted by Gasteiger charge is -2.32. The fourth-order valence-corrected chi connectivity index (χ4v) is 1.94. The van der Waals surface area contributed by atoms with Crippen LogP contribution >= 0.6 is 0 Å². The maximum absolute atomic E-state index is 13.6. The van der Waals surface area contributed by atoms with Crippen LogP contribution < -0.4 is 5.46 Å². The first-order valence-electron chi connectivity index (χ1n) is 6.34. The first-order valence-corrected chi connectivity index (χ1v) is 6.34. The van der Waals surface area contributed by atoms with Crippen molar-refractivity contribution in [3.05, 3.63) is 29.6 Å². The van der Waals surface area contributed by atoms with E-state index in [1.54, 1.807) is 6.92 Å². The molecule has 0 N–H and O–H groups in total. The first kappa shape index (κ1) is 14.1. The molecule has 1 heterocycles. The third-order valence-corrected chi connectivity index (χ3v) is 3.71. The van der Waals surface area contributed by atoms with Crippen LogP contribution in [0, 0.1) is 17.7 Å². The molecule has 1 aliphatic rings. The summed E-state index contributed by atoms with van der Waals surface area (Å²) in [5.74, 6) is 5.29. The quantitative estimate of drug-likeness (QED) is 0.570. The van der Waals surface area contributed by atoms with E-state index in [1.165, 1.54) is 12.1 Å². The van der Waals surface area contributed by atoms with Crippen molar-refractivity contribution < 1.29 is 13.7 Å². The van der Waals surface area contributed by atoms with Crippen LogP contribution in [0.2, 0.25) is 0 Å². The van der Waals surface area contributed by atoms with E-state index in [0.717, 1.165) is 0 Å². The number of hydrogen-bond acceptors (Lipinski definition) is 2. The number of hydrogen-bond donors (Lipinski definition) is 0. The fraction of sp³-hybridized carbons (Fsp3) is 0.467. The third-order valence-electron chi connectivity index (χ3n) is 3.71. The second-order valence-electron chi connectivity index (χ2n) is 5.74. The number of halogens is 1. The average molecular weight is 260 g/mol. The summed E-state index contributed by atoms with van der Waals surface area (Å²) in [7, 11) is -0.557. The van der Waals surface area contributed by atoms with Gasteiger partial charge in [0.25, 0.3) is 0 Å². The van der Waals surface area contributed by atoms with Gasteiger partial charge in [0.05, 0.1) is 11.2 Å². The molecule has 100 valence electrons. The molecule has 2 rings (SSSR count). The lowest BCUT2D eigenvalue weighted by molar-refractivity contribution is 0.00578. The Morgan fingerprint density at radius 3 is 2.16 bits per heavy atom. The van der Waals surface area contributed by atoms with Gasteiger partial charge in [-0.1, -0.05) is 5.92 Å². The van der Waals surface area contributed by atoms with Crippen molar-refractivity contribution >= 4 is 12.6 Å². The molecule has 19 heavy (non-hydrogen) atoms. The highest BCUT2D eigenvalue weighted by Crippen LogP contribution is 2.36. The monoisotopic (exact) mass is 260 g/mol. The molecule has 1 fully saturated rings. The molecule has 0 amide bonds. The Morgan fingerprint density at radius 1 is 1.05 bits per heavy atom. The summed E-state index contributed by atoms with van der Waals surface area (Å²) >= 11 is 0. The van der Waals surface area contributed by atoms with Crippen LogP contribution in [0.1, 0.15) is 40.2 Å². The molecule has 1 aromatic rings. The number of rotatable bonds is 1. The molecule has 0 bridgehead atoms. The Hall–Kier alpha value is -1.31. The van der Waals surface area contributed by atoms with Gasteiger partial charge in [-0.25, -0.2) is 4.39 Å². The number of benzene rings is 1. The van der Waals surface area contributed by atoms with E-state index in [9.17, 15) is 4.39 Å². The Kier molecular flexibility index (Phi) is 3.46. The Labute approximate surface area is 114 Å². The minimum atomic E-state index is -0.557. The lowest BCUT2D eigenvalue weighted by Crippen LogP contribution is -2.41. The van der Waals surface area contributed by atoms with Gasteiger partial charge in [0.2, 0.25) is 0 Å². The Morgan fingerprint density at radius 2 is 1.63 bits per heavy atom. The van der Waals surface area contributed by atoms with Crippen LogP contribution in [0.3, 0.4) is 0 Å². The van der Waals surface area contributed by atoms with Crippen LogP contribution in [-0.2, 0) is 9.31 Å².